The van der Waals surface area contributed by atoms with Gasteiger partial charge in [0, 0.05) is 12.0 Å². The lowest BCUT2D eigenvalue weighted by Gasteiger charge is -2.08. The number of fused-ring (bicyclic) bond motifs is 1. The highest BCUT2D eigenvalue weighted by molar-refractivity contribution is 5.54. The number of hydrogen-bond donors (Lipinski definition) is 1. The zero-order chi connectivity index (χ0) is 14.5. The van der Waals surface area contributed by atoms with Crippen LogP contribution in [-0.4, -0.2) is 20.4 Å². The molecule has 3 rings (SSSR count). The predicted octanol–water partition coefficient (Wildman–Crippen LogP) is 1.73. The first kappa shape index (κ1) is 13.8. The zero-order valence-corrected chi connectivity index (χ0v) is 12.2. The largest absolute Gasteiger partial charge is 0.493 e. The summed E-state index contributed by atoms with van der Waals surface area (Å²) < 4.78 is 16.2. The van der Waals surface area contributed by atoms with Gasteiger partial charge in [-0.05, 0) is 17.7 Å². The number of rotatable bonds is 6. The lowest BCUT2D eigenvalue weighted by molar-refractivity contribution is -0.670. The van der Waals surface area contributed by atoms with Crippen molar-refractivity contribution in [2.24, 2.45) is 0 Å². The first-order valence-electron chi connectivity index (χ1n) is 7.19. The van der Waals surface area contributed by atoms with Gasteiger partial charge < -0.3 is 19.5 Å². The fourth-order valence-corrected chi connectivity index (χ4v) is 2.48. The van der Waals surface area contributed by atoms with Crippen LogP contribution >= 0.6 is 0 Å². The second-order valence-corrected chi connectivity index (χ2v) is 5.05. The molecular weight excluding hydrogens is 266 g/mol. The summed E-state index contributed by atoms with van der Waals surface area (Å²) in [5.74, 6) is 2.24. The quantitative estimate of drug-likeness (QED) is 0.823. The van der Waals surface area contributed by atoms with Crippen molar-refractivity contribution in [3.05, 3.63) is 53.6 Å². The fraction of sp³-hybridized carbons (Fsp3) is 0.294. The van der Waals surface area contributed by atoms with E-state index in [0.29, 0.717) is 5.75 Å². The van der Waals surface area contributed by atoms with Crippen molar-refractivity contribution < 1.29 is 19.5 Å². The van der Waals surface area contributed by atoms with E-state index in [9.17, 15) is 0 Å². The van der Waals surface area contributed by atoms with Crippen molar-refractivity contribution in [3.8, 4) is 17.2 Å². The predicted molar refractivity (Wildman–Crippen MR) is 79.8 cm³/mol. The van der Waals surface area contributed by atoms with Crippen LogP contribution in [0.15, 0.2) is 42.5 Å². The minimum atomic E-state index is 0.271. The highest BCUT2D eigenvalue weighted by Gasteiger charge is 2.20. The van der Waals surface area contributed by atoms with Crippen LogP contribution in [0, 0.1) is 0 Å². The Bertz CT molecular complexity index is 598. The van der Waals surface area contributed by atoms with Gasteiger partial charge in [-0.1, -0.05) is 30.3 Å². The molecule has 0 spiro atoms. The fourth-order valence-electron chi connectivity index (χ4n) is 2.48. The summed E-state index contributed by atoms with van der Waals surface area (Å²) >= 11 is 0. The molecule has 1 aliphatic rings. The highest BCUT2D eigenvalue weighted by atomic mass is 16.7. The minimum absolute atomic E-state index is 0.271. The van der Waals surface area contributed by atoms with Crippen LogP contribution in [-0.2, 0) is 13.0 Å². The van der Waals surface area contributed by atoms with Crippen molar-refractivity contribution in [3.63, 3.8) is 0 Å². The molecule has 0 aromatic heterocycles. The van der Waals surface area contributed by atoms with Crippen LogP contribution in [0.25, 0.3) is 0 Å². The Labute approximate surface area is 124 Å². The van der Waals surface area contributed by atoms with Crippen LogP contribution in [0.4, 0.5) is 0 Å². The Morgan fingerprint density at radius 2 is 1.95 bits per heavy atom. The monoisotopic (exact) mass is 286 g/mol. The molecule has 2 aromatic carbocycles. The van der Waals surface area contributed by atoms with Crippen molar-refractivity contribution in [2.75, 3.05) is 20.4 Å². The van der Waals surface area contributed by atoms with E-state index in [0.717, 1.165) is 31.0 Å². The molecule has 1 aliphatic heterocycles. The Kier molecular flexibility index (Phi) is 4.26. The minimum Gasteiger partial charge on any atom is -0.493 e. The molecule has 0 unspecified atom stereocenters. The van der Waals surface area contributed by atoms with E-state index in [1.54, 1.807) is 7.11 Å². The van der Waals surface area contributed by atoms with Gasteiger partial charge in [-0.3, -0.25) is 0 Å². The standard InChI is InChI=1S/C17H19NO3/c1-19-15-9-14(10-16-17(15)21-12-20-16)11-18-8-7-13-5-3-2-4-6-13/h2-6,9-10,18H,7-8,11-12H2,1H3/p+1. The number of ether oxygens (including phenoxy) is 3. The number of methoxy groups -OCH3 is 1. The van der Waals surface area contributed by atoms with E-state index in [2.05, 4.69) is 29.6 Å². The molecule has 0 radical (unpaired) electrons. The third-order valence-corrected chi connectivity index (χ3v) is 3.58. The Balaban J connectivity index is 1.56. The van der Waals surface area contributed by atoms with Gasteiger partial charge in [-0.25, -0.2) is 0 Å². The maximum atomic E-state index is 5.44. The second-order valence-electron chi connectivity index (χ2n) is 5.05. The van der Waals surface area contributed by atoms with Crippen molar-refractivity contribution in [1.29, 1.82) is 0 Å². The van der Waals surface area contributed by atoms with Crippen molar-refractivity contribution >= 4 is 0 Å². The van der Waals surface area contributed by atoms with Crippen LogP contribution < -0.4 is 19.5 Å². The highest BCUT2D eigenvalue weighted by Crippen LogP contribution is 2.41. The van der Waals surface area contributed by atoms with Crippen LogP contribution in [0.1, 0.15) is 11.1 Å². The molecule has 1 heterocycles. The van der Waals surface area contributed by atoms with Gasteiger partial charge in [-0.2, -0.15) is 0 Å². The van der Waals surface area contributed by atoms with Gasteiger partial charge in [0.25, 0.3) is 0 Å². The second kappa shape index (κ2) is 6.50. The summed E-state index contributed by atoms with van der Waals surface area (Å²) in [6.07, 6.45) is 1.07. The topological polar surface area (TPSA) is 44.3 Å². The van der Waals surface area contributed by atoms with Crippen LogP contribution in [0.2, 0.25) is 0 Å². The molecule has 0 saturated heterocycles. The van der Waals surface area contributed by atoms with Gasteiger partial charge in [-0.15, -0.1) is 0 Å². The van der Waals surface area contributed by atoms with E-state index in [4.69, 9.17) is 14.2 Å². The maximum Gasteiger partial charge on any atom is 0.231 e. The summed E-state index contributed by atoms with van der Waals surface area (Å²) in [6.45, 7) is 2.23. The summed E-state index contributed by atoms with van der Waals surface area (Å²) in [4.78, 5) is 0. The summed E-state index contributed by atoms with van der Waals surface area (Å²) in [6, 6.07) is 14.6. The van der Waals surface area contributed by atoms with Gasteiger partial charge in [0.2, 0.25) is 12.5 Å². The molecular formula is C17H20NO3+. The van der Waals surface area contributed by atoms with Gasteiger partial charge >= 0.3 is 0 Å². The number of benzene rings is 2. The molecule has 4 heteroatoms. The molecule has 4 nitrogen and oxygen atoms in total. The van der Waals surface area contributed by atoms with Gasteiger partial charge in [0.05, 0.1) is 13.7 Å². The van der Waals surface area contributed by atoms with E-state index in [1.165, 1.54) is 11.1 Å². The third-order valence-electron chi connectivity index (χ3n) is 3.58. The third kappa shape index (κ3) is 3.28. The van der Waals surface area contributed by atoms with Crippen molar-refractivity contribution in [1.82, 2.24) is 0 Å². The zero-order valence-electron chi connectivity index (χ0n) is 12.2. The lowest BCUT2D eigenvalue weighted by atomic mass is 10.1. The molecule has 0 fully saturated rings. The lowest BCUT2D eigenvalue weighted by Crippen LogP contribution is -2.83. The summed E-state index contributed by atoms with van der Waals surface area (Å²) in [5, 5.41) is 2.30. The van der Waals surface area contributed by atoms with E-state index in [1.807, 2.05) is 18.2 Å². The molecule has 0 atom stereocenters. The first-order valence-corrected chi connectivity index (χ1v) is 7.19. The van der Waals surface area contributed by atoms with E-state index in [-0.39, 0.29) is 6.79 Å². The SMILES string of the molecule is COc1cc(C[NH2+]CCc2ccccc2)cc2c1OCO2. The van der Waals surface area contributed by atoms with Crippen LogP contribution in [0.3, 0.4) is 0 Å². The number of hydrogen-bond acceptors (Lipinski definition) is 3. The molecule has 0 amide bonds. The maximum absolute atomic E-state index is 5.44. The van der Waals surface area contributed by atoms with Crippen LogP contribution in [0.5, 0.6) is 17.2 Å². The number of quaternary nitrogens is 1. The average Bonchev–Trinajstić information content (AvgIpc) is 3.00. The molecule has 0 aliphatic carbocycles. The molecule has 0 bridgehead atoms. The molecule has 0 saturated carbocycles. The molecule has 2 aromatic rings. The molecule has 21 heavy (non-hydrogen) atoms. The molecule has 2 N–H and O–H groups in total. The summed E-state index contributed by atoms with van der Waals surface area (Å²) in [5.41, 5.74) is 2.56. The number of nitrogens with two attached hydrogens (primary N) is 1. The Hall–Kier alpha value is -2.20. The Morgan fingerprint density at radius 3 is 2.76 bits per heavy atom. The van der Waals surface area contributed by atoms with Crippen molar-refractivity contribution in [2.45, 2.75) is 13.0 Å². The normalized spacial score (nSPS) is 12.4. The van der Waals surface area contributed by atoms with Gasteiger partial charge in [0.1, 0.15) is 6.54 Å². The smallest absolute Gasteiger partial charge is 0.231 e. The van der Waals surface area contributed by atoms with E-state index < -0.39 is 0 Å². The molecule has 110 valence electrons. The average molecular weight is 286 g/mol. The van der Waals surface area contributed by atoms with Gasteiger partial charge in [0.15, 0.2) is 11.5 Å². The Morgan fingerprint density at radius 1 is 1.10 bits per heavy atom. The van der Waals surface area contributed by atoms with E-state index >= 15 is 0 Å². The summed E-state index contributed by atoms with van der Waals surface area (Å²) in [7, 11) is 1.65. The first-order chi connectivity index (χ1) is 10.4.